The van der Waals surface area contributed by atoms with Gasteiger partial charge < -0.3 is 4.98 Å². The minimum atomic E-state index is -0.309. The fourth-order valence-electron chi connectivity index (χ4n) is 2.34. The Kier molecular flexibility index (Phi) is 3.31. The second-order valence-electron chi connectivity index (χ2n) is 6.02. The highest BCUT2D eigenvalue weighted by molar-refractivity contribution is 5.68. The average molecular weight is 256 g/mol. The van der Waals surface area contributed by atoms with E-state index in [9.17, 15) is 4.79 Å². The zero-order valence-electron chi connectivity index (χ0n) is 12.2. The van der Waals surface area contributed by atoms with E-state index in [-0.39, 0.29) is 11.1 Å². The summed E-state index contributed by atoms with van der Waals surface area (Å²) < 4.78 is 0. The number of benzene rings is 1. The Morgan fingerprint density at radius 1 is 1.11 bits per heavy atom. The molecular formula is C16H20N2O. The number of nitrogens with zero attached hydrogens (tertiary/aromatic N) is 1. The van der Waals surface area contributed by atoms with Crippen molar-refractivity contribution in [1.82, 2.24) is 9.97 Å². The number of hydrogen-bond donors (Lipinski definition) is 1. The first kappa shape index (κ1) is 13.5. The summed E-state index contributed by atoms with van der Waals surface area (Å²) in [6.07, 6.45) is 1.55. The smallest absolute Gasteiger partial charge is 0.305 e. The summed E-state index contributed by atoms with van der Waals surface area (Å²) in [5.74, 6) is 0. The van der Waals surface area contributed by atoms with E-state index in [1.807, 2.05) is 6.07 Å². The molecule has 0 aliphatic rings. The number of aromatic nitrogens is 2. The number of hydrogen-bond acceptors (Lipinski definition) is 2. The van der Waals surface area contributed by atoms with Crippen LogP contribution in [0.4, 0.5) is 0 Å². The summed E-state index contributed by atoms with van der Waals surface area (Å²) in [4.78, 5) is 17.8. The maximum absolute atomic E-state index is 11.3. The second kappa shape index (κ2) is 4.65. The molecule has 3 nitrogen and oxygen atoms in total. The van der Waals surface area contributed by atoms with Gasteiger partial charge in [-0.1, -0.05) is 32.9 Å². The first-order valence-electron chi connectivity index (χ1n) is 6.46. The first-order chi connectivity index (χ1) is 8.79. The van der Waals surface area contributed by atoms with Gasteiger partial charge in [-0.2, -0.15) is 0 Å². The van der Waals surface area contributed by atoms with Gasteiger partial charge in [0.1, 0.15) is 0 Å². The Morgan fingerprint density at radius 3 is 2.16 bits per heavy atom. The van der Waals surface area contributed by atoms with Crippen LogP contribution in [0.1, 0.15) is 37.5 Å². The van der Waals surface area contributed by atoms with Crippen molar-refractivity contribution < 1.29 is 0 Å². The summed E-state index contributed by atoms with van der Waals surface area (Å²) >= 11 is 0. The van der Waals surface area contributed by atoms with Crippen molar-refractivity contribution in [3.8, 4) is 11.3 Å². The van der Waals surface area contributed by atoms with Gasteiger partial charge in [0, 0.05) is 11.8 Å². The lowest BCUT2D eigenvalue weighted by Crippen LogP contribution is -2.13. The fourth-order valence-corrected chi connectivity index (χ4v) is 2.34. The third-order valence-electron chi connectivity index (χ3n) is 3.34. The quantitative estimate of drug-likeness (QED) is 0.850. The van der Waals surface area contributed by atoms with Crippen molar-refractivity contribution in [2.75, 3.05) is 0 Å². The van der Waals surface area contributed by atoms with E-state index in [1.165, 1.54) is 16.7 Å². The van der Waals surface area contributed by atoms with Gasteiger partial charge in [-0.3, -0.25) is 0 Å². The van der Waals surface area contributed by atoms with Crippen LogP contribution in [0.5, 0.6) is 0 Å². The van der Waals surface area contributed by atoms with E-state index in [0.717, 1.165) is 11.3 Å². The molecule has 0 radical (unpaired) electrons. The van der Waals surface area contributed by atoms with E-state index in [0.29, 0.717) is 0 Å². The van der Waals surface area contributed by atoms with Crippen molar-refractivity contribution in [2.45, 2.75) is 40.0 Å². The molecule has 2 aromatic rings. The molecule has 100 valence electrons. The van der Waals surface area contributed by atoms with Crippen LogP contribution < -0.4 is 5.69 Å². The van der Waals surface area contributed by atoms with Crippen LogP contribution in [0.25, 0.3) is 11.3 Å². The Balaban J connectivity index is 2.64. The van der Waals surface area contributed by atoms with Crippen molar-refractivity contribution in [2.24, 2.45) is 0 Å². The molecule has 1 N–H and O–H groups in total. The van der Waals surface area contributed by atoms with E-state index < -0.39 is 0 Å². The predicted molar refractivity (Wildman–Crippen MR) is 78.5 cm³/mol. The molecule has 0 atom stereocenters. The van der Waals surface area contributed by atoms with Gasteiger partial charge in [0.15, 0.2) is 0 Å². The molecule has 0 fully saturated rings. The van der Waals surface area contributed by atoms with Crippen LogP contribution in [-0.2, 0) is 5.41 Å². The third-order valence-corrected chi connectivity index (χ3v) is 3.34. The number of aryl methyl sites for hydroxylation is 2. The lowest BCUT2D eigenvalue weighted by atomic mass is 9.83. The van der Waals surface area contributed by atoms with E-state index in [2.05, 4.69) is 56.7 Å². The number of rotatable bonds is 1. The second-order valence-corrected chi connectivity index (χ2v) is 6.02. The van der Waals surface area contributed by atoms with Gasteiger partial charge in [0.2, 0.25) is 0 Å². The maximum Gasteiger partial charge on any atom is 0.345 e. The molecule has 0 bridgehead atoms. The highest BCUT2D eigenvalue weighted by Gasteiger charge is 2.17. The molecule has 1 heterocycles. The maximum atomic E-state index is 11.3. The Labute approximate surface area is 113 Å². The van der Waals surface area contributed by atoms with Crippen molar-refractivity contribution in [1.29, 1.82) is 0 Å². The highest BCUT2D eigenvalue weighted by atomic mass is 16.1. The van der Waals surface area contributed by atoms with Crippen LogP contribution in [0.2, 0.25) is 0 Å². The fraction of sp³-hybridized carbons (Fsp3) is 0.375. The summed E-state index contributed by atoms with van der Waals surface area (Å²) in [6.45, 7) is 10.8. The molecule has 0 aliphatic heterocycles. The van der Waals surface area contributed by atoms with Gasteiger partial charge in [-0.05, 0) is 42.0 Å². The predicted octanol–water partition coefficient (Wildman–Crippen LogP) is 3.35. The molecule has 0 amide bonds. The molecule has 19 heavy (non-hydrogen) atoms. The van der Waals surface area contributed by atoms with Crippen LogP contribution in [0, 0.1) is 13.8 Å². The molecule has 0 spiro atoms. The number of H-pyrrole nitrogens is 1. The van der Waals surface area contributed by atoms with Gasteiger partial charge in [0.25, 0.3) is 0 Å². The van der Waals surface area contributed by atoms with Crippen LogP contribution in [0.15, 0.2) is 29.2 Å². The van der Waals surface area contributed by atoms with Crippen molar-refractivity contribution in [3.05, 3.63) is 51.6 Å². The largest absolute Gasteiger partial charge is 0.345 e. The molecule has 0 saturated heterocycles. The molecule has 1 aromatic carbocycles. The number of nitrogens with one attached hydrogen (secondary N) is 1. The van der Waals surface area contributed by atoms with Gasteiger partial charge in [-0.25, -0.2) is 9.78 Å². The van der Waals surface area contributed by atoms with E-state index >= 15 is 0 Å². The van der Waals surface area contributed by atoms with Crippen LogP contribution in [-0.4, -0.2) is 9.97 Å². The summed E-state index contributed by atoms with van der Waals surface area (Å²) in [7, 11) is 0. The summed E-state index contributed by atoms with van der Waals surface area (Å²) in [5, 5.41) is 0. The summed E-state index contributed by atoms with van der Waals surface area (Å²) in [6, 6.07) is 6.23. The lowest BCUT2D eigenvalue weighted by molar-refractivity contribution is 0.589. The van der Waals surface area contributed by atoms with Crippen molar-refractivity contribution in [3.63, 3.8) is 0 Å². The molecule has 3 heteroatoms. The van der Waals surface area contributed by atoms with Gasteiger partial charge in [-0.15, -0.1) is 0 Å². The first-order valence-corrected chi connectivity index (χ1v) is 6.46. The minimum absolute atomic E-state index is 0.125. The average Bonchev–Trinajstić information content (AvgIpc) is 2.26. The normalized spacial score (nSPS) is 11.6. The topological polar surface area (TPSA) is 45.8 Å². The lowest BCUT2D eigenvalue weighted by Gasteiger charge is -2.22. The summed E-state index contributed by atoms with van der Waals surface area (Å²) in [5.41, 5.74) is 5.39. The van der Waals surface area contributed by atoms with Crippen LogP contribution in [0.3, 0.4) is 0 Å². The van der Waals surface area contributed by atoms with Gasteiger partial charge >= 0.3 is 5.69 Å². The van der Waals surface area contributed by atoms with E-state index in [1.54, 1.807) is 6.20 Å². The number of aromatic amines is 1. The SMILES string of the molecule is Cc1cc(C(C)(C)C)cc(C)c1-c1ccnc(=O)[nH]1. The Hall–Kier alpha value is -1.90. The van der Waals surface area contributed by atoms with Gasteiger partial charge in [0.05, 0.1) is 5.69 Å². The molecule has 0 saturated carbocycles. The van der Waals surface area contributed by atoms with Crippen molar-refractivity contribution >= 4 is 0 Å². The zero-order chi connectivity index (χ0) is 14.2. The molecule has 0 unspecified atom stereocenters. The third kappa shape index (κ3) is 2.75. The standard InChI is InChI=1S/C16H20N2O/c1-10-8-12(16(3,4)5)9-11(2)14(10)13-6-7-17-15(19)18-13/h6-9H,1-5H3,(H,17,18,19). The minimum Gasteiger partial charge on any atom is -0.305 e. The van der Waals surface area contributed by atoms with E-state index in [4.69, 9.17) is 0 Å². The molecule has 0 aliphatic carbocycles. The molecular weight excluding hydrogens is 236 g/mol. The highest BCUT2D eigenvalue weighted by Crippen LogP contribution is 2.31. The Morgan fingerprint density at radius 2 is 1.68 bits per heavy atom. The molecule has 1 aromatic heterocycles. The monoisotopic (exact) mass is 256 g/mol. The molecule has 2 rings (SSSR count). The Bertz CT molecular complexity index is 640. The van der Waals surface area contributed by atoms with Crippen LogP contribution >= 0.6 is 0 Å². The zero-order valence-corrected chi connectivity index (χ0v) is 12.2.